The second kappa shape index (κ2) is 12.0. The predicted molar refractivity (Wildman–Crippen MR) is 131 cm³/mol. The van der Waals surface area contributed by atoms with E-state index >= 15 is 0 Å². The van der Waals surface area contributed by atoms with Crippen LogP contribution in [-0.2, 0) is 20.9 Å². The van der Waals surface area contributed by atoms with E-state index in [-0.39, 0.29) is 29.6 Å². The summed E-state index contributed by atoms with van der Waals surface area (Å²) in [5, 5.41) is 5.35. The van der Waals surface area contributed by atoms with Crippen molar-refractivity contribution in [3.63, 3.8) is 0 Å². The molecule has 11 heteroatoms. The number of hydrogen-bond donors (Lipinski definition) is 2. The maximum absolute atomic E-state index is 12.9. The molecule has 1 heterocycles. The van der Waals surface area contributed by atoms with Gasteiger partial charge in [-0.05, 0) is 29.9 Å². The van der Waals surface area contributed by atoms with Crippen molar-refractivity contribution in [3.8, 4) is 17.2 Å². The summed E-state index contributed by atoms with van der Waals surface area (Å²) >= 11 is 5.42. The number of nitrogens with zero attached hydrogens (tertiary/aromatic N) is 1. The van der Waals surface area contributed by atoms with Gasteiger partial charge in [0, 0.05) is 18.7 Å². The molecule has 1 saturated heterocycles. The van der Waals surface area contributed by atoms with Crippen LogP contribution in [0.3, 0.4) is 0 Å². The van der Waals surface area contributed by atoms with E-state index in [0.29, 0.717) is 30.3 Å². The topological polar surface area (TPSA) is 115 Å². The van der Waals surface area contributed by atoms with E-state index in [4.69, 9.17) is 31.2 Å². The fourth-order valence-corrected chi connectivity index (χ4v) is 3.88. The van der Waals surface area contributed by atoms with E-state index < -0.39 is 17.9 Å². The van der Waals surface area contributed by atoms with Gasteiger partial charge in [0.2, 0.25) is 11.7 Å². The molecule has 0 aromatic heterocycles. The Bertz CT molecular complexity index is 1070. The molecule has 0 radical (unpaired) electrons. The Hall–Kier alpha value is -3.86. The summed E-state index contributed by atoms with van der Waals surface area (Å²) in [5.74, 6) is -0.517. The summed E-state index contributed by atoms with van der Waals surface area (Å²) in [4.78, 5) is 39.4. The van der Waals surface area contributed by atoms with Crippen LogP contribution in [0.1, 0.15) is 22.3 Å². The van der Waals surface area contributed by atoms with Crippen LogP contribution in [0.4, 0.5) is 0 Å². The number of benzene rings is 2. The normalized spacial score (nSPS) is 15.0. The molecule has 1 fully saturated rings. The number of methoxy groups -OCH3 is 3. The fourth-order valence-electron chi connectivity index (χ4n) is 3.57. The van der Waals surface area contributed by atoms with Gasteiger partial charge >= 0.3 is 5.97 Å². The van der Waals surface area contributed by atoms with Gasteiger partial charge in [0.1, 0.15) is 12.6 Å². The second-order valence-corrected chi connectivity index (χ2v) is 7.91. The van der Waals surface area contributed by atoms with Crippen LogP contribution in [0.2, 0.25) is 0 Å². The van der Waals surface area contributed by atoms with Crippen LogP contribution < -0.4 is 24.8 Å². The average molecular weight is 502 g/mol. The summed E-state index contributed by atoms with van der Waals surface area (Å²) in [7, 11) is 4.34. The van der Waals surface area contributed by atoms with Gasteiger partial charge in [-0.2, -0.15) is 0 Å². The Morgan fingerprint density at radius 1 is 1.09 bits per heavy atom. The zero-order chi connectivity index (χ0) is 25.4. The number of piperazine rings is 1. The van der Waals surface area contributed by atoms with Crippen molar-refractivity contribution in [1.29, 1.82) is 0 Å². The zero-order valence-corrected chi connectivity index (χ0v) is 20.5. The highest BCUT2D eigenvalue weighted by molar-refractivity contribution is 7.80. The minimum absolute atomic E-state index is 0.0134. The number of rotatable bonds is 8. The highest BCUT2D eigenvalue weighted by Gasteiger charge is 2.34. The second-order valence-electron chi connectivity index (χ2n) is 7.52. The van der Waals surface area contributed by atoms with Gasteiger partial charge in [0.05, 0.1) is 27.8 Å². The maximum Gasteiger partial charge on any atom is 0.308 e. The summed E-state index contributed by atoms with van der Waals surface area (Å²) in [6, 6.07) is 11.3. The minimum Gasteiger partial charge on any atom is -0.493 e. The summed E-state index contributed by atoms with van der Waals surface area (Å²) in [6.07, 6.45) is -0.223. The third-order valence-electron chi connectivity index (χ3n) is 5.34. The molecule has 1 aliphatic heterocycles. The van der Waals surface area contributed by atoms with Gasteiger partial charge in [0.25, 0.3) is 5.91 Å². The number of ether oxygens (including phenoxy) is 4. The lowest BCUT2D eigenvalue weighted by Crippen LogP contribution is -2.60. The zero-order valence-electron chi connectivity index (χ0n) is 19.7. The van der Waals surface area contributed by atoms with Crippen LogP contribution in [-0.4, -0.2) is 68.3 Å². The molecule has 2 aromatic carbocycles. The molecule has 1 aliphatic rings. The molecule has 0 aliphatic carbocycles. The molecular formula is C24H27N3O7S. The van der Waals surface area contributed by atoms with Crippen LogP contribution >= 0.6 is 12.2 Å². The van der Waals surface area contributed by atoms with Crippen molar-refractivity contribution in [1.82, 2.24) is 15.5 Å². The largest absolute Gasteiger partial charge is 0.493 e. The lowest BCUT2D eigenvalue weighted by molar-refractivity contribution is -0.148. The van der Waals surface area contributed by atoms with Crippen LogP contribution in [0.5, 0.6) is 17.2 Å². The van der Waals surface area contributed by atoms with E-state index in [1.807, 2.05) is 30.3 Å². The molecule has 0 bridgehead atoms. The van der Waals surface area contributed by atoms with Crippen molar-refractivity contribution in [2.75, 3.05) is 34.4 Å². The molecule has 0 spiro atoms. The predicted octanol–water partition coefficient (Wildman–Crippen LogP) is 1.66. The first-order valence-corrected chi connectivity index (χ1v) is 11.2. The van der Waals surface area contributed by atoms with Crippen molar-refractivity contribution in [2.24, 2.45) is 0 Å². The SMILES string of the molecule is COc1cc(C(=O)NC(=S)N2CCNC(=O)[C@H]2CC(=O)OCc2ccccc2)cc(OC)c1OC. The number of carbonyl (C=O) groups is 3. The molecular weight excluding hydrogens is 474 g/mol. The lowest BCUT2D eigenvalue weighted by atomic mass is 10.1. The Morgan fingerprint density at radius 3 is 2.34 bits per heavy atom. The molecule has 186 valence electrons. The quantitative estimate of drug-likeness (QED) is 0.412. The number of carbonyl (C=O) groups excluding carboxylic acids is 3. The standard InChI is InChI=1S/C24H27N3O7S/c1-31-18-11-16(12-19(32-2)21(18)33-3)22(29)26-24(35)27-10-9-25-23(30)17(27)13-20(28)34-14-15-7-5-4-6-8-15/h4-8,11-12,17H,9-10,13-14H2,1-3H3,(H,25,30)(H,26,29,35)/t17-/m1/s1. The van der Waals surface area contributed by atoms with Crippen molar-refractivity contribution in [3.05, 3.63) is 53.6 Å². The average Bonchev–Trinajstić information content (AvgIpc) is 2.88. The van der Waals surface area contributed by atoms with Crippen LogP contribution in [0, 0.1) is 0 Å². The van der Waals surface area contributed by atoms with Crippen molar-refractivity contribution < 1.29 is 33.3 Å². The molecule has 0 unspecified atom stereocenters. The third kappa shape index (κ3) is 6.38. The van der Waals surface area contributed by atoms with Crippen molar-refractivity contribution in [2.45, 2.75) is 19.1 Å². The Morgan fingerprint density at radius 2 is 1.74 bits per heavy atom. The van der Waals surface area contributed by atoms with E-state index in [1.165, 1.54) is 38.4 Å². The highest BCUT2D eigenvalue weighted by Crippen LogP contribution is 2.38. The first kappa shape index (κ1) is 25.8. The summed E-state index contributed by atoms with van der Waals surface area (Å²) < 4.78 is 21.2. The lowest BCUT2D eigenvalue weighted by Gasteiger charge is -2.36. The van der Waals surface area contributed by atoms with Crippen molar-refractivity contribution >= 4 is 35.1 Å². The van der Waals surface area contributed by atoms with Gasteiger partial charge in [-0.3, -0.25) is 19.7 Å². The van der Waals surface area contributed by atoms with Gasteiger partial charge < -0.3 is 29.2 Å². The number of nitrogens with one attached hydrogen (secondary N) is 2. The summed E-state index contributed by atoms with van der Waals surface area (Å²) in [6.45, 7) is 0.724. The molecule has 2 N–H and O–H groups in total. The maximum atomic E-state index is 12.9. The summed E-state index contributed by atoms with van der Waals surface area (Å²) in [5.41, 5.74) is 1.04. The minimum atomic E-state index is -0.917. The van der Waals surface area contributed by atoms with Crippen LogP contribution in [0.25, 0.3) is 0 Å². The number of esters is 1. The molecule has 2 amide bonds. The molecule has 0 saturated carbocycles. The Balaban J connectivity index is 1.69. The number of hydrogen-bond acceptors (Lipinski definition) is 8. The first-order valence-electron chi connectivity index (χ1n) is 10.8. The fraction of sp³-hybridized carbons (Fsp3) is 0.333. The van der Waals surface area contributed by atoms with Gasteiger partial charge in [-0.1, -0.05) is 30.3 Å². The van der Waals surface area contributed by atoms with E-state index in [0.717, 1.165) is 5.56 Å². The molecule has 1 atom stereocenters. The molecule has 3 rings (SSSR count). The van der Waals surface area contributed by atoms with Crippen LogP contribution in [0.15, 0.2) is 42.5 Å². The molecule has 10 nitrogen and oxygen atoms in total. The Labute approximate surface area is 208 Å². The van der Waals surface area contributed by atoms with E-state index in [9.17, 15) is 14.4 Å². The Kier molecular flexibility index (Phi) is 8.85. The number of amides is 2. The molecule has 2 aromatic rings. The number of thiocarbonyl (C=S) groups is 1. The van der Waals surface area contributed by atoms with Gasteiger partial charge in [0.15, 0.2) is 16.6 Å². The van der Waals surface area contributed by atoms with E-state index in [2.05, 4.69) is 10.6 Å². The van der Waals surface area contributed by atoms with Gasteiger partial charge in [-0.15, -0.1) is 0 Å². The van der Waals surface area contributed by atoms with E-state index in [1.54, 1.807) is 0 Å². The molecule has 35 heavy (non-hydrogen) atoms. The smallest absolute Gasteiger partial charge is 0.308 e. The van der Waals surface area contributed by atoms with Gasteiger partial charge in [-0.25, -0.2) is 0 Å². The highest BCUT2D eigenvalue weighted by atomic mass is 32.1. The monoisotopic (exact) mass is 501 g/mol. The third-order valence-corrected chi connectivity index (χ3v) is 5.68. The first-order chi connectivity index (χ1) is 16.9.